The summed E-state index contributed by atoms with van der Waals surface area (Å²) in [7, 11) is 0. The minimum absolute atomic E-state index is 0.214. The summed E-state index contributed by atoms with van der Waals surface area (Å²) in [6.45, 7) is 4.55. The standard InChI is InChI=1S/C20H23NO/c1-20(14-17-8-4-2-5-9-17)12-13-21(16-19(20)22)15-18-10-6-3-7-11-18/h2-11H,12-16H2,1H3. The van der Waals surface area contributed by atoms with Gasteiger partial charge in [-0.15, -0.1) is 0 Å². The summed E-state index contributed by atoms with van der Waals surface area (Å²) in [5.74, 6) is 0.374. The van der Waals surface area contributed by atoms with Gasteiger partial charge in [-0.1, -0.05) is 67.6 Å². The molecule has 0 amide bonds. The predicted octanol–water partition coefficient (Wildman–Crippen LogP) is 3.71. The predicted molar refractivity (Wildman–Crippen MR) is 89.6 cm³/mol. The highest BCUT2D eigenvalue weighted by Crippen LogP contribution is 2.32. The summed E-state index contributed by atoms with van der Waals surface area (Å²) < 4.78 is 0. The Bertz CT molecular complexity index is 623. The average Bonchev–Trinajstić information content (AvgIpc) is 2.53. The minimum atomic E-state index is -0.214. The lowest BCUT2D eigenvalue weighted by atomic mass is 9.74. The second-order valence-electron chi connectivity index (χ2n) is 6.59. The molecule has 0 spiro atoms. The van der Waals surface area contributed by atoms with E-state index in [2.05, 4.69) is 48.2 Å². The van der Waals surface area contributed by atoms with Crippen LogP contribution in [0.15, 0.2) is 60.7 Å². The van der Waals surface area contributed by atoms with Gasteiger partial charge in [-0.25, -0.2) is 0 Å². The van der Waals surface area contributed by atoms with Crippen LogP contribution in [0.25, 0.3) is 0 Å². The van der Waals surface area contributed by atoms with Gasteiger partial charge in [-0.3, -0.25) is 9.69 Å². The maximum absolute atomic E-state index is 12.7. The van der Waals surface area contributed by atoms with Gasteiger partial charge < -0.3 is 0 Å². The molecule has 1 unspecified atom stereocenters. The van der Waals surface area contributed by atoms with E-state index in [-0.39, 0.29) is 5.41 Å². The third-order valence-electron chi connectivity index (χ3n) is 4.71. The van der Waals surface area contributed by atoms with Gasteiger partial charge in [0.15, 0.2) is 5.78 Å². The van der Waals surface area contributed by atoms with Gasteiger partial charge in [-0.05, 0) is 30.5 Å². The molecule has 2 aromatic rings. The largest absolute Gasteiger partial charge is 0.298 e. The van der Waals surface area contributed by atoms with Crippen LogP contribution in [0, 0.1) is 5.41 Å². The van der Waals surface area contributed by atoms with Crippen molar-refractivity contribution < 1.29 is 4.79 Å². The summed E-state index contributed by atoms with van der Waals surface area (Å²) >= 11 is 0. The van der Waals surface area contributed by atoms with Gasteiger partial charge in [0, 0.05) is 12.0 Å². The maximum Gasteiger partial charge on any atom is 0.153 e. The molecule has 22 heavy (non-hydrogen) atoms. The van der Waals surface area contributed by atoms with Crippen LogP contribution in [0.2, 0.25) is 0 Å². The molecule has 0 radical (unpaired) electrons. The van der Waals surface area contributed by atoms with E-state index >= 15 is 0 Å². The number of hydrogen-bond acceptors (Lipinski definition) is 2. The molecule has 0 N–H and O–H groups in total. The number of benzene rings is 2. The summed E-state index contributed by atoms with van der Waals surface area (Å²) in [5.41, 5.74) is 2.32. The molecule has 0 bridgehead atoms. The molecule has 2 aromatic carbocycles. The fourth-order valence-corrected chi connectivity index (χ4v) is 3.23. The normalized spacial score (nSPS) is 22.7. The van der Waals surface area contributed by atoms with Crippen molar-refractivity contribution in [3.63, 3.8) is 0 Å². The number of piperidine rings is 1. The lowest BCUT2D eigenvalue weighted by molar-refractivity contribution is -0.133. The highest BCUT2D eigenvalue weighted by Gasteiger charge is 2.37. The molecule has 1 aliphatic rings. The topological polar surface area (TPSA) is 20.3 Å². The van der Waals surface area contributed by atoms with E-state index in [9.17, 15) is 4.79 Å². The monoisotopic (exact) mass is 293 g/mol. The summed E-state index contributed by atoms with van der Waals surface area (Å²) in [6, 6.07) is 20.8. The Morgan fingerprint density at radius 2 is 1.55 bits per heavy atom. The number of rotatable bonds is 4. The van der Waals surface area contributed by atoms with Crippen molar-refractivity contribution in [1.82, 2.24) is 4.90 Å². The first-order valence-electron chi connectivity index (χ1n) is 7.99. The van der Waals surface area contributed by atoms with E-state index < -0.39 is 0 Å². The van der Waals surface area contributed by atoms with E-state index in [1.807, 2.05) is 24.3 Å². The molecule has 0 aromatic heterocycles. The van der Waals surface area contributed by atoms with Crippen LogP contribution in [0.4, 0.5) is 0 Å². The average molecular weight is 293 g/mol. The molecular weight excluding hydrogens is 270 g/mol. The van der Waals surface area contributed by atoms with Crippen LogP contribution >= 0.6 is 0 Å². The third kappa shape index (κ3) is 3.45. The van der Waals surface area contributed by atoms with Crippen molar-refractivity contribution in [3.05, 3.63) is 71.8 Å². The Balaban J connectivity index is 1.63. The van der Waals surface area contributed by atoms with Crippen molar-refractivity contribution in [1.29, 1.82) is 0 Å². The van der Waals surface area contributed by atoms with Gasteiger partial charge in [-0.2, -0.15) is 0 Å². The van der Waals surface area contributed by atoms with Crippen molar-refractivity contribution in [3.8, 4) is 0 Å². The Hall–Kier alpha value is -1.93. The second-order valence-corrected chi connectivity index (χ2v) is 6.59. The van der Waals surface area contributed by atoms with Gasteiger partial charge in [0.1, 0.15) is 0 Å². The highest BCUT2D eigenvalue weighted by atomic mass is 16.1. The van der Waals surface area contributed by atoms with Crippen LogP contribution < -0.4 is 0 Å². The van der Waals surface area contributed by atoms with Crippen molar-refractivity contribution in [2.45, 2.75) is 26.3 Å². The highest BCUT2D eigenvalue weighted by molar-refractivity contribution is 5.87. The molecule has 1 aliphatic heterocycles. The molecule has 2 nitrogen and oxygen atoms in total. The molecule has 1 heterocycles. The Kier molecular flexibility index (Phi) is 4.39. The minimum Gasteiger partial charge on any atom is -0.298 e. The third-order valence-corrected chi connectivity index (χ3v) is 4.71. The molecule has 1 saturated heterocycles. The number of hydrogen-bond donors (Lipinski definition) is 0. The number of Topliss-reactive ketones (excluding diaryl/α,β-unsaturated/α-hetero) is 1. The van der Waals surface area contributed by atoms with Crippen LogP contribution in [-0.4, -0.2) is 23.8 Å². The molecule has 2 heteroatoms. The number of carbonyl (C=O) groups is 1. The molecule has 3 rings (SSSR count). The quantitative estimate of drug-likeness (QED) is 0.856. The lowest BCUT2D eigenvalue weighted by Gasteiger charge is -2.38. The molecule has 1 fully saturated rings. The first kappa shape index (κ1) is 15.0. The zero-order valence-electron chi connectivity index (χ0n) is 13.2. The van der Waals surface area contributed by atoms with Crippen molar-refractivity contribution in [2.75, 3.05) is 13.1 Å². The first-order valence-corrected chi connectivity index (χ1v) is 7.99. The fraction of sp³-hybridized carbons (Fsp3) is 0.350. The van der Waals surface area contributed by atoms with Crippen molar-refractivity contribution >= 4 is 5.78 Å². The van der Waals surface area contributed by atoms with Gasteiger partial charge in [0.25, 0.3) is 0 Å². The number of ketones is 1. The first-order chi connectivity index (χ1) is 10.7. The summed E-state index contributed by atoms with van der Waals surface area (Å²) in [4.78, 5) is 14.9. The Labute approximate surface area is 132 Å². The summed E-state index contributed by atoms with van der Waals surface area (Å²) in [5, 5.41) is 0. The fourth-order valence-electron chi connectivity index (χ4n) is 3.23. The van der Waals surface area contributed by atoms with Crippen LogP contribution in [0.5, 0.6) is 0 Å². The van der Waals surface area contributed by atoms with E-state index in [1.54, 1.807) is 0 Å². The van der Waals surface area contributed by atoms with E-state index in [0.717, 1.165) is 25.9 Å². The maximum atomic E-state index is 12.7. The van der Waals surface area contributed by atoms with Gasteiger partial charge in [0.2, 0.25) is 0 Å². The van der Waals surface area contributed by atoms with E-state index in [0.29, 0.717) is 12.3 Å². The van der Waals surface area contributed by atoms with E-state index in [1.165, 1.54) is 11.1 Å². The molecule has 114 valence electrons. The summed E-state index contributed by atoms with van der Waals surface area (Å²) in [6.07, 6.45) is 1.79. The van der Waals surface area contributed by atoms with Crippen LogP contribution in [-0.2, 0) is 17.8 Å². The molecule has 0 saturated carbocycles. The number of carbonyl (C=O) groups excluding carboxylic acids is 1. The zero-order chi connectivity index (χ0) is 15.4. The Morgan fingerprint density at radius 1 is 0.955 bits per heavy atom. The second kappa shape index (κ2) is 6.45. The van der Waals surface area contributed by atoms with E-state index in [4.69, 9.17) is 0 Å². The zero-order valence-corrected chi connectivity index (χ0v) is 13.2. The Morgan fingerprint density at radius 3 is 2.14 bits per heavy atom. The van der Waals surface area contributed by atoms with Crippen molar-refractivity contribution in [2.24, 2.45) is 5.41 Å². The van der Waals surface area contributed by atoms with Gasteiger partial charge in [0.05, 0.1) is 6.54 Å². The van der Waals surface area contributed by atoms with Crippen LogP contribution in [0.3, 0.4) is 0 Å². The lowest BCUT2D eigenvalue weighted by Crippen LogP contribution is -2.47. The van der Waals surface area contributed by atoms with Crippen LogP contribution in [0.1, 0.15) is 24.5 Å². The smallest absolute Gasteiger partial charge is 0.153 e. The molecule has 1 atom stereocenters. The van der Waals surface area contributed by atoms with Gasteiger partial charge >= 0.3 is 0 Å². The number of nitrogens with zero attached hydrogens (tertiary/aromatic N) is 1. The number of likely N-dealkylation sites (tertiary alicyclic amines) is 1. The SMILES string of the molecule is CC1(Cc2ccccc2)CCN(Cc2ccccc2)CC1=O. The molecular formula is C20H23NO. The molecule has 0 aliphatic carbocycles.